The molecule has 6 rings (SSSR count). The zero-order chi connectivity index (χ0) is 27.3. The van der Waals surface area contributed by atoms with Gasteiger partial charge in [-0.3, -0.25) is 0 Å². The monoisotopic (exact) mass is 514 g/mol. The van der Waals surface area contributed by atoms with Crippen molar-refractivity contribution in [3.63, 3.8) is 0 Å². The van der Waals surface area contributed by atoms with E-state index in [-0.39, 0.29) is 0 Å². The van der Waals surface area contributed by atoms with Crippen molar-refractivity contribution in [2.75, 3.05) is 14.2 Å². The predicted octanol–water partition coefficient (Wildman–Crippen LogP) is 8.48. The molecular formula is C38H26O2. The fourth-order valence-corrected chi connectivity index (χ4v) is 4.87. The lowest BCUT2D eigenvalue weighted by Crippen LogP contribution is -1.90. The van der Waals surface area contributed by atoms with Crippen LogP contribution >= 0.6 is 0 Å². The van der Waals surface area contributed by atoms with E-state index in [1.807, 2.05) is 36.4 Å². The summed E-state index contributed by atoms with van der Waals surface area (Å²) in [7, 11) is 3.35. The van der Waals surface area contributed by atoms with Crippen LogP contribution in [0, 0.1) is 23.7 Å². The molecule has 0 heterocycles. The Hall–Kier alpha value is -5.44. The molecule has 190 valence electrons. The number of hydrogen-bond donors (Lipinski definition) is 0. The Morgan fingerprint density at radius 1 is 0.375 bits per heavy atom. The molecule has 0 aromatic heterocycles. The van der Waals surface area contributed by atoms with Gasteiger partial charge in [0.25, 0.3) is 0 Å². The SMILES string of the molecule is COc1ccc(C#Cc2c3ccccc3c(C#Cc3ccc(-c4ccc(OC)cc4)cc3)c3ccccc23)cc1. The molecule has 0 saturated heterocycles. The minimum atomic E-state index is 0.819. The van der Waals surface area contributed by atoms with Gasteiger partial charge in [-0.05, 0) is 81.2 Å². The zero-order valence-electron chi connectivity index (χ0n) is 22.4. The number of benzene rings is 6. The fraction of sp³-hybridized carbons (Fsp3) is 0.0526. The summed E-state index contributed by atoms with van der Waals surface area (Å²) in [4.78, 5) is 0. The van der Waals surface area contributed by atoms with Crippen LogP contribution in [0.4, 0.5) is 0 Å². The van der Waals surface area contributed by atoms with Crippen LogP contribution in [0.1, 0.15) is 22.3 Å². The van der Waals surface area contributed by atoms with Gasteiger partial charge in [-0.1, -0.05) is 96.5 Å². The zero-order valence-corrected chi connectivity index (χ0v) is 22.4. The van der Waals surface area contributed by atoms with Crippen molar-refractivity contribution in [1.82, 2.24) is 0 Å². The smallest absolute Gasteiger partial charge is 0.118 e. The van der Waals surface area contributed by atoms with Gasteiger partial charge in [0.2, 0.25) is 0 Å². The highest BCUT2D eigenvalue weighted by Gasteiger charge is 2.11. The van der Waals surface area contributed by atoms with Crippen molar-refractivity contribution >= 4 is 21.5 Å². The van der Waals surface area contributed by atoms with Crippen LogP contribution in [-0.4, -0.2) is 14.2 Å². The Bertz CT molecular complexity index is 1890. The molecule has 0 aliphatic heterocycles. The van der Waals surface area contributed by atoms with Gasteiger partial charge in [-0.15, -0.1) is 0 Å². The Morgan fingerprint density at radius 3 is 1.07 bits per heavy atom. The van der Waals surface area contributed by atoms with Crippen LogP contribution in [-0.2, 0) is 0 Å². The summed E-state index contributed by atoms with van der Waals surface area (Å²) in [6.07, 6.45) is 0. The first-order valence-electron chi connectivity index (χ1n) is 13.1. The lowest BCUT2D eigenvalue weighted by molar-refractivity contribution is 0.414. The van der Waals surface area contributed by atoms with Crippen LogP contribution in [0.15, 0.2) is 121 Å². The van der Waals surface area contributed by atoms with Gasteiger partial charge in [0.1, 0.15) is 11.5 Å². The van der Waals surface area contributed by atoms with E-state index in [2.05, 4.69) is 109 Å². The molecule has 0 aliphatic carbocycles. The molecule has 2 heteroatoms. The second-order valence-corrected chi connectivity index (χ2v) is 9.38. The van der Waals surface area contributed by atoms with Gasteiger partial charge in [0.15, 0.2) is 0 Å². The molecule has 6 aromatic carbocycles. The molecule has 0 fully saturated rings. The largest absolute Gasteiger partial charge is 0.497 e. The summed E-state index contributed by atoms with van der Waals surface area (Å²) < 4.78 is 10.6. The third-order valence-electron chi connectivity index (χ3n) is 6.99. The summed E-state index contributed by atoms with van der Waals surface area (Å²) in [6.45, 7) is 0. The molecule has 2 nitrogen and oxygen atoms in total. The van der Waals surface area contributed by atoms with Crippen LogP contribution in [0.3, 0.4) is 0 Å². The molecule has 40 heavy (non-hydrogen) atoms. The van der Waals surface area contributed by atoms with E-state index in [9.17, 15) is 0 Å². The highest BCUT2D eigenvalue weighted by Crippen LogP contribution is 2.32. The van der Waals surface area contributed by atoms with Crippen LogP contribution in [0.25, 0.3) is 32.7 Å². The standard InChI is InChI=1S/C38H26O2/c1-39-31-21-13-28(14-22-31)16-26-38-35-9-5-3-7-33(35)37(34-8-4-6-10-36(34)38)25-15-27-11-17-29(18-12-27)30-19-23-32(40-2)24-20-30/h3-14,17-24H,1-2H3. The lowest BCUT2D eigenvalue weighted by atomic mass is 9.92. The quantitative estimate of drug-likeness (QED) is 0.174. The van der Waals surface area contributed by atoms with Crippen molar-refractivity contribution < 1.29 is 9.47 Å². The highest BCUT2D eigenvalue weighted by atomic mass is 16.5. The van der Waals surface area contributed by atoms with Crippen molar-refractivity contribution in [1.29, 1.82) is 0 Å². The molecule has 6 aromatic rings. The first kappa shape index (κ1) is 24.9. The van der Waals surface area contributed by atoms with Crippen molar-refractivity contribution in [2.24, 2.45) is 0 Å². The van der Waals surface area contributed by atoms with Gasteiger partial charge in [0, 0.05) is 22.3 Å². The molecule has 0 bridgehead atoms. The number of fused-ring (bicyclic) bond motifs is 2. The van der Waals surface area contributed by atoms with E-state index >= 15 is 0 Å². The number of hydrogen-bond acceptors (Lipinski definition) is 2. The number of rotatable bonds is 3. The average Bonchev–Trinajstić information content (AvgIpc) is 3.03. The summed E-state index contributed by atoms with van der Waals surface area (Å²) >= 11 is 0. The minimum absolute atomic E-state index is 0.819. The summed E-state index contributed by atoms with van der Waals surface area (Å²) in [6, 6.07) is 41.1. The van der Waals surface area contributed by atoms with Crippen LogP contribution in [0.2, 0.25) is 0 Å². The van der Waals surface area contributed by atoms with Crippen molar-refractivity contribution in [3.05, 3.63) is 144 Å². The molecule has 0 atom stereocenters. The van der Waals surface area contributed by atoms with Gasteiger partial charge < -0.3 is 9.47 Å². The topological polar surface area (TPSA) is 18.5 Å². The highest BCUT2D eigenvalue weighted by molar-refractivity contribution is 6.09. The fourth-order valence-electron chi connectivity index (χ4n) is 4.87. The van der Waals surface area contributed by atoms with Crippen LogP contribution in [0.5, 0.6) is 11.5 Å². The maximum Gasteiger partial charge on any atom is 0.118 e. The summed E-state index contributed by atoms with van der Waals surface area (Å²) in [5.74, 6) is 15.4. The Labute approximate surface area is 234 Å². The van der Waals surface area contributed by atoms with Gasteiger partial charge in [-0.25, -0.2) is 0 Å². The molecule has 0 aliphatic rings. The number of methoxy groups -OCH3 is 2. The van der Waals surface area contributed by atoms with Gasteiger partial charge >= 0.3 is 0 Å². The van der Waals surface area contributed by atoms with E-state index in [0.717, 1.165) is 66.4 Å². The number of ether oxygens (including phenoxy) is 2. The Morgan fingerprint density at radius 2 is 0.700 bits per heavy atom. The maximum atomic E-state index is 5.28. The van der Waals surface area contributed by atoms with Gasteiger partial charge in [-0.2, -0.15) is 0 Å². The second-order valence-electron chi connectivity index (χ2n) is 9.38. The Balaban J connectivity index is 1.41. The van der Waals surface area contributed by atoms with E-state index in [1.54, 1.807) is 14.2 Å². The van der Waals surface area contributed by atoms with E-state index in [4.69, 9.17) is 9.47 Å². The van der Waals surface area contributed by atoms with Gasteiger partial charge in [0.05, 0.1) is 14.2 Å². The molecule has 0 unspecified atom stereocenters. The molecule has 0 saturated carbocycles. The van der Waals surface area contributed by atoms with E-state index in [0.29, 0.717) is 0 Å². The molecule has 0 amide bonds. The molecule has 0 N–H and O–H groups in total. The van der Waals surface area contributed by atoms with E-state index < -0.39 is 0 Å². The maximum absolute atomic E-state index is 5.28. The van der Waals surface area contributed by atoms with E-state index in [1.165, 1.54) is 0 Å². The van der Waals surface area contributed by atoms with Crippen LogP contribution < -0.4 is 9.47 Å². The third kappa shape index (κ3) is 5.00. The first-order chi connectivity index (χ1) is 19.7. The summed E-state index contributed by atoms with van der Waals surface area (Å²) in [5.41, 5.74) is 6.22. The normalized spacial score (nSPS) is 10.3. The second kappa shape index (κ2) is 11.1. The summed E-state index contributed by atoms with van der Waals surface area (Å²) in [5, 5.41) is 4.40. The predicted molar refractivity (Wildman–Crippen MR) is 165 cm³/mol. The third-order valence-corrected chi connectivity index (χ3v) is 6.99. The molecular weight excluding hydrogens is 488 g/mol. The average molecular weight is 515 g/mol. The van der Waals surface area contributed by atoms with Crippen molar-refractivity contribution in [2.45, 2.75) is 0 Å². The molecule has 0 spiro atoms. The lowest BCUT2D eigenvalue weighted by Gasteiger charge is -2.10. The minimum Gasteiger partial charge on any atom is -0.497 e. The van der Waals surface area contributed by atoms with Crippen molar-refractivity contribution in [3.8, 4) is 46.3 Å². The first-order valence-corrected chi connectivity index (χ1v) is 13.1. The molecule has 0 radical (unpaired) electrons. The Kier molecular flexibility index (Phi) is 6.92.